The smallest absolute Gasteiger partial charge is 0.315 e. The van der Waals surface area contributed by atoms with Crippen LogP contribution in [-0.2, 0) is 13.6 Å². The average molecular weight is 329 g/mol. The highest BCUT2D eigenvalue weighted by atomic mass is 16.2. The summed E-state index contributed by atoms with van der Waals surface area (Å²) in [6.45, 7) is 8.85. The number of urea groups is 1. The Morgan fingerprint density at radius 2 is 1.75 bits per heavy atom. The predicted octanol–water partition coefficient (Wildman–Crippen LogP) is 3.14. The SMILES string of the molecule is CC(C)c1ccc([C@H](NC(=O)NCc2ncn(C)n2)C(C)C)cc1. The molecule has 0 spiro atoms. The second-order valence-corrected chi connectivity index (χ2v) is 6.70. The molecule has 0 saturated carbocycles. The number of aromatic nitrogens is 3. The zero-order valence-corrected chi connectivity index (χ0v) is 15.1. The Labute approximate surface area is 143 Å². The molecule has 2 N–H and O–H groups in total. The number of carbonyl (C=O) groups is 1. The van der Waals surface area contributed by atoms with Crippen molar-refractivity contribution in [1.82, 2.24) is 25.4 Å². The Kier molecular flexibility index (Phi) is 5.95. The highest BCUT2D eigenvalue weighted by Gasteiger charge is 2.18. The molecule has 0 unspecified atom stereocenters. The van der Waals surface area contributed by atoms with E-state index in [4.69, 9.17) is 0 Å². The average Bonchev–Trinajstić information content (AvgIpc) is 2.96. The summed E-state index contributed by atoms with van der Waals surface area (Å²) in [5, 5.41) is 10.00. The lowest BCUT2D eigenvalue weighted by Gasteiger charge is -2.23. The van der Waals surface area contributed by atoms with Crippen LogP contribution < -0.4 is 10.6 Å². The number of hydrogen-bond donors (Lipinski definition) is 2. The fourth-order valence-electron chi connectivity index (χ4n) is 2.54. The summed E-state index contributed by atoms with van der Waals surface area (Å²) < 4.78 is 1.61. The first kappa shape index (κ1) is 18.0. The first-order valence-corrected chi connectivity index (χ1v) is 8.35. The number of amides is 2. The largest absolute Gasteiger partial charge is 0.331 e. The van der Waals surface area contributed by atoms with Crippen molar-refractivity contribution < 1.29 is 4.79 Å². The van der Waals surface area contributed by atoms with Crippen molar-refractivity contribution in [2.45, 2.75) is 46.2 Å². The van der Waals surface area contributed by atoms with Crippen molar-refractivity contribution in [1.29, 1.82) is 0 Å². The van der Waals surface area contributed by atoms with Gasteiger partial charge in [0, 0.05) is 7.05 Å². The summed E-state index contributed by atoms with van der Waals surface area (Å²) in [5.74, 6) is 1.38. The molecule has 6 heteroatoms. The van der Waals surface area contributed by atoms with E-state index in [-0.39, 0.29) is 18.0 Å². The van der Waals surface area contributed by atoms with Gasteiger partial charge in [-0.05, 0) is 23.0 Å². The third kappa shape index (κ3) is 4.81. The van der Waals surface area contributed by atoms with Crippen LogP contribution in [0.25, 0.3) is 0 Å². The number of nitrogens with one attached hydrogen (secondary N) is 2. The van der Waals surface area contributed by atoms with Crippen LogP contribution in [0.2, 0.25) is 0 Å². The molecule has 1 atom stereocenters. The van der Waals surface area contributed by atoms with E-state index >= 15 is 0 Å². The van der Waals surface area contributed by atoms with Gasteiger partial charge in [0.25, 0.3) is 0 Å². The van der Waals surface area contributed by atoms with Gasteiger partial charge < -0.3 is 10.6 Å². The molecule has 2 amide bonds. The van der Waals surface area contributed by atoms with E-state index in [1.165, 1.54) is 5.56 Å². The molecule has 0 saturated heterocycles. The molecule has 0 aliphatic rings. The number of nitrogens with zero attached hydrogens (tertiary/aromatic N) is 3. The first-order valence-electron chi connectivity index (χ1n) is 8.35. The van der Waals surface area contributed by atoms with Crippen molar-refractivity contribution in [3.05, 3.63) is 47.5 Å². The topological polar surface area (TPSA) is 71.8 Å². The van der Waals surface area contributed by atoms with Crippen LogP contribution in [0, 0.1) is 5.92 Å². The number of benzene rings is 1. The molecule has 0 radical (unpaired) electrons. The van der Waals surface area contributed by atoms with Crippen molar-refractivity contribution in [2.24, 2.45) is 13.0 Å². The second-order valence-electron chi connectivity index (χ2n) is 6.70. The second kappa shape index (κ2) is 7.95. The van der Waals surface area contributed by atoms with Gasteiger partial charge in [0.1, 0.15) is 6.33 Å². The highest BCUT2D eigenvalue weighted by Crippen LogP contribution is 2.24. The van der Waals surface area contributed by atoms with E-state index in [9.17, 15) is 4.79 Å². The van der Waals surface area contributed by atoms with Gasteiger partial charge in [0.2, 0.25) is 0 Å². The summed E-state index contributed by atoms with van der Waals surface area (Å²) in [7, 11) is 1.80. The number of rotatable bonds is 6. The van der Waals surface area contributed by atoms with Gasteiger partial charge in [-0.25, -0.2) is 9.78 Å². The van der Waals surface area contributed by atoms with E-state index in [0.29, 0.717) is 18.3 Å². The molecule has 6 nitrogen and oxygen atoms in total. The van der Waals surface area contributed by atoms with Crippen LogP contribution >= 0.6 is 0 Å². The molecule has 0 aliphatic heterocycles. The van der Waals surface area contributed by atoms with E-state index in [1.54, 1.807) is 18.1 Å². The molecule has 0 fully saturated rings. The van der Waals surface area contributed by atoms with E-state index < -0.39 is 0 Å². The van der Waals surface area contributed by atoms with Crippen LogP contribution in [0.15, 0.2) is 30.6 Å². The molecule has 2 aromatic rings. The fourth-order valence-corrected chi connectivity index (χ4v) is 2.54. The Balaban J connectivity index is 1.98. The van der Waals surface area contributed by atoms with Crippen LogP contribution in [0.1, 0.15) is 56.6 Å². The maximum atomic E-state index is 12.2. The Morgan fingerprint density at radius 3 is 2.25 bits per heavy atom. The number of hydrogen-bond acceptors (Lipinski definition) is 3. The number of aryl methyl sites for hydroxylation is 1. The molecule has 0 bridgehead atoms. The van der Waals surface area contributed by atoms with Gasteiger partial charge in [-0.15, -0.1) is 0 Å². The minimum absolute atomic E-state index is 0.0390. The lowest BCUT2D eigenvalue weighted by molar-refractivity contribution is 0.232. The standard InChI is InChI=1S/C18H27N5O/c1-12(2)14-6-8-15(9-7-14)17(13(3)4)21-18(24)19-10-16-20-11-23(5)22-16/h6-9,11-13,17H,10H2,1-5H3,(H2,19,21,24)/t17-/m1/s1. The molecule has 0 aliphatic carbocycles. The van der Waals surface area contributed by atoms with Crippen molar-refractivity contribution in [3.8, 4) is 0 Å². The summed E-state index contributed by atoms with van der Waals surface area (Å²) in [6.07, 6.45) is 1.61. The molecule has 1 aromatic heterocycles. The maximum absolute atomic E-state index is 12.2. The maximum Gasteiger partial charge on any atom is 0.315 e. The number of carbonyl (C=O) groups excluding carboxylic acids is 1. The van der Waals surface area contributed by atoms with Crippen LogP contribution in [0.4, 0.5) is 4.79 Å². The summed E-state index contributed by atoms with van der Waals surface area (Å²) in [5.41, 5.74) is 2.41. The van der Waals surface area contributed by atoms with Gasteiger partial charge in [-0.3, -0.25) is 4.68 Å². The van der Waals surface area contributed by atoms with E-state index in [2.05, 4.69) is 72.7 Å². The molecule has 2 rings (SSSR count). The summed E-state index contributed by atoms with van der Waals surface area (Å²) in [4.78, 5) is 16.3. The van der Waals surface area contributed by atoms with Gasteiger partial charge in [-0.2, -0.15) is 5.10 Å². The summed E-state index contributed by atoms with van der Waals surface area (Å²) in [6, 6.07) is 8.21. The summed E-state index contributed by atoms with van der Waals surface area (Å²) >= 11 is 0. The Hall–Kier alpha value is -2.37. The van der Waals surface area contributed by atoms with Gasteiger partial charge in [0.05, 0.1) is 12.6 Å². The molecular formula is C18H27N5O. The van der Waals surface area contributed by atoms with E-state index in [0.717, 1.165) is 5.56 Å². The van der Waals surface area contributed by atoms with Gasteiger partial charge >= 0.3 is 6.03 Å². The minimum atomic E-state index is -0.214. The molecule has 1 aromatic carbocycles. The van der Waals surface area contributed by atoms with Crippen molar-refractivity contribution in [3.63, 3.8) is 0 Å². The van der Waals surface area contributed by atoms with Crippen LogP contribution in [0.3, 0.4) is 0 Å². The van der Waals surface area contributed by atoms with E-state index in [1.807, 2.05) is 0 Å². The molecule has 1 heterocycles. The monoisotopic (exact) mass is 329 g/mol. The van der Waals surface area contributed by atoms with Crippen LogP contribution in [-0.4, -0.2) is 20.8 Å². The fraction of sp³-hybridized carbons (Fsp3) is 0.500. The van der Waals surface area contributed by atoms with Crippen molar-refractivity contribution >= 4 is 6.03 Å². The highest BCUT2D eigenvalue weighted by molar-refractivity contribution is 5.74. The quantitative estimate of drug-likeness (QED) is 0.855. The lowest BCUT2D eigenvalue weighted by Crippen LogP contribution is -2.39. The molecular weight excluding hydrogens is 302 g/mol. The van der Waals surface area contributed by atoms with Crippen molar-refractivity contribution in [2.75, 3.05) is 0 Å². The molecule has 130 valence electrons. The third-order valence-electron chi connectivity index (χ3n) is 3.97. The normalized spacial score (nSPS) is 12.5. The zero-order valence-electron chi connectivity index (χ0n) is 15.1. The Morgan fingerprint density at radius 1 is 1.12 bits per heavy atom. The van der Waals surface area contributed by atoms with Gasteiger partial charge in [-0.1, -0.05) is 52.0 Å². The zero-order chi connectivity index (χ0) is 17.7. The van der Waals surface area contributed by atoms with Gasteiger partial charge in [0.15, 0.2) is 5.82 Å². The Bertz CT molecular complexity index is 660. The lowest BCUT2D eigenvalue weighted by atomic mass is 9.93. The van der Waals surface area contributed by atoms with Crippen LogP contribution in [0.5, 0.6) is 0 Å². The molecule has 24 heavy (non-hydrogen) atoms. The first-order chi connectivity index (χ1) is 11.4. The third-order valence-corrected chi connectivity index (χ3v) is 3.97. The minimum Gasteiger partial charge on any atom is -0.331 e. The predicted molar refractivity (Wildman–Crippen MR) is 94.5 cm³/mol.